The molecule has 1 aromatic carbocycles. The number of hydrogen-bond donors (Lipinski definition) is 1. The standard InChI is InChI=1S/C18H17N3O3S/c1-20-16(22)13-5-4-12(9-14(13)17(20)23)19-18(24)21-7-2-3-15(21)11-6-8-25-10-11/h4-6,8-10,15H,2-3,7H2,1H3,(H,19,24)/t15-/m1/s1. The van der Waals surface area contributed by atoms with Crippen molar-refractivity contribution in [3.05, 3.63) is 51.7 Å². The Labute approximate surface area is 149 Å². The molecule has 3 heterocycles. The molecule has 1 aromatic heterocycles. The molecule has 4 amide bonds. The normalized spacial score (nSPS) is 19.5. The minimum atomic E-state index is -0.339. The zero-order chi connectivity index (χ0) is 17.6. The number of likely N-dealkylation sites (tertiary alicyclic amines) is 1. The summed E-state index contributed by atoms with van der Waals surface area (Å²) in [6, 6.07) is 6.79. The van der Waals surface area contributed by atoms with Gasteiger partial charge in [0.1, 0.15) is 0 Å². The van der Waals surface area contributed by atoms with E-state index in [1.807, 2.05) is 10.3 Å². The Morgan fingerprint density at radius 2 is 2.00 bits per heavy atom. The molecule has 128 valence electrons. The van der Waals surface area contributed by atoms with E-state index >= 15 is 0 Å². The van der Waals surface area contributed by atoms with Crippen LogP contribution in [0, 0.1) is 0 Å². The van der Waals surface area contributed by atoms with Crippen LogP contribution in [0.25, 0.3) is 0 Å². The first-order valence-corrected chi connectivity index (χ1v) is 9.06. The molecular formula is C18H17N3O3S. The van der Waals surface area contributed by atoms with Crippen LogP contribution in [0.3, 0.4) is 0 Å². The predicted octanol–water partition coefficient (Wildman–Crippen LogP) is 3.34. The molecule has 7 heteroatoms. The summed E-state index contributed by atoms with van der Waals surface area (Å²) < 4.78 is 0. The summed E-state index contributed by atoms with van der Waals surface area (Å²) in [5, 5.41) is 6.96. The molecule has 2 aromatic rings. The Balaban J connectivity index is 1.54. The van der Waals surface area contributed by atoms with Crippen molar-refractivity contribution in [2.45, 2.75) is 18.9 Å². The molecule has 0 unspecified atom stereocenters. The van der Waals surface area contributed by atoms with E-state index in [2.05, 4.69) is 16.8 Å². The molecule has 0 saturated carbocycles. The molecule has 1 saturated heterocycles. The van der Waals surface area contributed by atoms with Gasteiger partial charge in [-0.2, -0.15) is 11.3 Å². The lowest BCUT2D eigenvalue weighted by atomic mass is 10.1. The van der Waals surface area contributed by atoms with Crippen LogP contribution in [-0.4, -0.2) is 41.2 Å². The summed E-state index contributed by atoms with van der Waals surface area (Å²) in [7, 11) is 1.46. The number of imide groups is 1. The van der Waals surface area contributed by atoms with E-state index in [0.29, 0.717) is 23.4 Å². The number of carbonyl (C=O) groups excluding carboxylic acids is 3. The fourth-order valence-corrected chi connectivity index (χ4v) is 4.16. The number of nitrogens with zero attached hydrogens (tertiary/aromatic N) is 2. The lowest BCUT2D eigenvalue weighted by Crippen LogP contribution is -2.34. The van der Waals surface area contributed by atoms with Gasteiger partial charge in [0.2, 0.25) is 0 Å². The average molecular weight is 355 g/mol. The Bertz CT molecular complexity index is 862. The number of urea groups is 1. The van der Waals surface area contributed by atoms with Crippen molar-refractivity contribution >= 4 is 34.9 Å². The molecule has 6 nitrogen and oxygen atoms in total. The minimum Gasteiger partial charge on any atom is -0.317 e. The largest absolute Gasteiger partial charge is 0.322 e. The first-order chi connectivity index (χ1) is 12.1. The fourth-order valence-electron chi connectivity index (χ4n) is 3.46. The van der Waals surface area contributed by atoms with Crippen molar-refractivity contribution in [3.63, 3.8) is 0 Å². The number of thiophene rings is 1. The van der Waals surface area contributed by atoms with Crippen LogP contribution in [0.15, 0.2) is 35.0 Å². The van der Waals surface area contributed by atoms with Crippen molar-refractivity contribution < 1.29 is 14.4 Å². The molecule has 1 atom stereocenters. The second kappa shape index (κ2) is 6.00. The lowest BCUT2D eigenvalue weighted by molar-refractivity contribution is 0.0693. The quantitative estimate of drug-likeness (QED) is 0.840. The summed E-state index contributed by atoms with van der Waals surface area (Å²) in [6.07, 6.45) is 1.92. The monoisotopic (exact) mass is 355 g/mol. The highest BCUT2D eigenvalue weighted by molar-refractivity contribution is 7.08. The third kappa shape index (κ3) is 2.60. The SMILES string of the molecule is CN1C(=O)c2ccc(NC(=O)N3CCC[C@@H]3c3ccsc3)cc2C1=O. The molecule has 25 heavy (non-hydrogen) atoms. The number of amides is 4. The van der Waals surface area contributed by atoms with E-state index < -0.39 is 0 Å². The number of carbonyl (C=O) groups is 3. The van der Waals surface area contributed by atoms with Gasteiger partial charge >= 0.3 is 6.03 Å². The maximum Gasteiger partial charge on any atom is 0.322 e. The average Bonchev–Trinajstić information content (AvgIpc) is 3.33. The molecule has 0 aliphatic carbocycles. The zero-order valence-corrected chi connectivity index (χ0v) is 14.5. The number of benzene rings is 1. The van der Waals surface area contributed by atoms with Gasteiger partial charge in [-0.1, -0.05) is 0 Å². The molecule has 0 spiro atoms. The van der Waals surface area contributed by atoms with Crippen molar-refractivity contribution in [2.24, 2.45) is 0 Å². The number of fused-ring (bicyclic) bond motifs is 1. The van der Waals surface area contributed by atoms with Crippen molar-refractivity contribution in [1.82, 2.24) is 9.80 Å². The van der Waals surface area contributed by atoms with E-state index in [9.17, 15) is 14.4 Å². The smallest absolute Gasteiger partial charge is 0.317 e. The van der Waals surface area contributed by atoms with Crippen LogP contribution in [0.5, 0.6) is 0 Å². The van der Waals surface area contributed by atoms with E-state index in [0.717, 1.165) is 23.3 Å². The molecule has 0 bridgehead atoms. The highest BCUT2D eigenvalue weighted by Crippen LogP contribution is 2.33. The number of nitrogens with one attached hydrogen (secondary N) is 1. The maximum absolute atomic E-state index is 12.7. The lowest BCUT2D eigenvalue weighted by Gasteiger charge is -2.24. The topological polar surface area (TPSA) is 69.7 Å². The number of hydrogen-bond acceptors (Lipinski definition) is 4. The third-order valence-corrected chi connectivity index (χ3v) is 5.48. The maximum atomic E-state index is 12.7. The second-order valence-corrected chi connectivity index (χ2v) is 7.05. The van der Waals surface area contributed by atoms with Gasteiger partial charge in [-0.3, -0.25) is 14.5 Å². The summed E-state index contributed by atoms with van der Waals surface area (Å²) >= 11 is 1.63. The van der Waals surface area contributed by atoms with Gasteiger partial charge in [0.05, 0.1) is 17.2 Å². The van der Waals surface area contributed by atoms with Gasteiger partial charge in [-0.05, 0) is 53.4 Å². The van der Waals surface area contributed by atoms with Crippen LogP contribution < -0.4 is 5.32 Å². The Morgan fingerprint density at radius 1 is 1.20 bits per heavy atom. The Hall–Kier alpha value is -2.67. The Morgan fingerprint density at radius 3 is 2.76 bits per heavy atom. The van der Waals surface area contributed by atoms with E-state index in [1.165, 1.54) is 7.05 Å². The van der Waals surface area contributed by atoms with Crippen molar-refractivity contribution in [1.29, 1.82) is 0 Å². The van der Waals surface area contributed by atoms with Crippen LogP contribution in [0.4, 0.5) is 10.5 Å². The first kappa shape index (κ1) is 15.8. The highest BCUT2D eigenvalue weighted by Gasteiger charge is 2.34. The van der Waals surface area contributed by atoms with Crippen LogP contribution in [0.2, 0.25) is 0 Å². The molecule has 1 fully saturated rings. The molecule has 2 aliphatic rings. The van der Waals surface area contributed by atoms with Crippen molar-refractivity contribution in [3.8, 4) is 0 Å². The van der Waals surface area contributed by atoms with Gasteiger partial charge < -0.3 is 10.2 Å². The second-order valence-electron chi connectivity index (χ2n) is 6.27. The molecule has 2 aliphatic heterocycles. The van der Waals surface area contributed by atoms with E-state index in [-0.39, 0.29) is 23.9 Å². The van der Waals surface area contributed by atoms with Gasteiger partial charge in [0.25, 0.3) is 11.8 Å². The fraction of sp³-hybridized carbons (Fsp3) is 0.278. The van der Waals surface area contributed by atoms with Gasteiger partial charge in [0.15, 0.2) is 0 Å². The molecule has 4 rings (SSSR count). The third-order valence-electron chi connectivity index (χ3n) is 4.78. The number of anilines is 1. The molecule has 0 radical (unpaired) electrons. The zero-order valence-electron chi connectivity index (χ0n) is 13.7. The van der Waals surface area contributed by atoms with Gasteiger partial charge in [-0.25, -0.2) is 4.79 Å². The Kier molecular flexibility index (Phi) is 3.80. The van der Waals surface area contributed by atoms with Crippen LogP contribution in [-0.2, 0) is 0 Å². The summed E-state index contributed by atoms with van der Waals surface area (Å²) in [4.78, 5) is 39.6. The summed E-state index contributed by atoms with van der Waals surface area (Å²) in [6.45, 7) is 0.706. The molecular weight excluding hydrogens is 338 g/mol. The molecule has 1 N–H and O–H groups in total. The predicted molar refractivity (Wildman–Crippen MR) is 94.9 cm³/mol. The minimum absolute atomic E-state index is 0.0926. The van der Waals surface area contributed by atoms with Crippen LogP contribution in [0.1, 0.15) is 45.2 Å². The highest BCUT2D eigenvalue weighted by atomic mass is 32.1. The van der Waals surface area contributed by atoms with E-state index in [4.69, 9.17) is 0 Å². The van der Waals surface area contributed by atoms with Crippen molar-refractivity contribution in [2.75, 3.05) is 18.9 Å². The summed E-state index contributed by atoms with van der Waals surface area (Å²) in [5.74, 6) is -0.650. The number of rotatable bonds is 2. The van der Waals surface area contributed by atoms with E-state index in [1.54, 1.807) is 29.5 Å². The van der Waals surface area contributed by atoms with Crippen LogP contribution >= 0.6 is 11.3 Å². The van der Waals surface area contributed by atoms with Gasteiger partial charge in [-0.15, -0.1) is 0 Å². The van der Waals surface area contributed by atoms with Gasteiger partial charge in [0, 0.05) is 19.3 Å². The summed E-state index contributed by atoms with van der Waals surface area (Å²) in [5.41, 5.74) is 2.40. The first-order valence-electron chi connectivity index (χ1n) is 8.12.